The zero-order valence-electron chi connectivity index (χ0n) is 11.4. The van der Waals surface area contributed by atoms with Crippen LogP contribution in [-0.4, -0.2) is 46.9 Å². The van der Waals surface area contributed by atoms with Crippen LogP contribution in [0.2, 0.25) is 0 Å². The van der Waals surface area contributed by atoms with Crippen molar-refractivity contribution in [2.24, 2.45) is 0 Å². The lowest BCUT2D eigenvalue weighted by Crippen LogP contribution is -2.44. The molecule has 0 saturated carbocycles. The van der Waals surface area contributed by atoms with Gasteiger partial charge in [0.05, 0.1) is 13.0 Å². The van der Waals surface area contributed by atoms with Crippen LogP contribution in [0, 0.1) is 0 Å². The minimum absolute atomic E-state index is 0.0146. The highest BCUT2D eigenvalue weighted by Gasteiger charge is 2.19. The Morgan fingerprint density at radius 2 is 2.00 bits per heavy atom. The zero-order valence-corrected chi connectivity index (χ0v) is 11.4. The number of hydrogen-bond donors (Lipinski definition) is 2. The molecular weight excluding hydrogens is 248 g/mol. The van der Waals surface area contributed by atoms with Crippen LogP contribution in [0.25, 0.3) is 0 Å². The molecule has 1 fully saturated rings. The highest BCUT2D eigenvalue weighted by atomic mass is 16.4. The molecule has 1 aliphatic rings. The Morgan fingerprint density at radius 3 is 2.68 bits per heavy atom. The third-order valence-electron chi connectivity index (χ3n) is 3.14. The number of carbonyl (C=O) groups is 3. The lowest BCUT2D eigenvalue weighted by atomic mass is 10.1. The van der Waals surface area contributed by atoms with Crippen molar-refractivity contribution in [2.45, 2.75) is 51.5 Å². The van der Waals surface area contributed by atoms with Gasteiger partial charge in [0.25, 0.3) is 0 Å². The average molecular weight is 270 g/mol. The largest absolute Gasteiger partial charge is 0.481 e. The fourth-order valence-electron chi connectivity index (χ4n) is 2.19. The molecule has 19 heavy (non-hydrogen) atoms. The van der Waals surface area contributed by atoms with Gasteiger partial charge < -0.3 is 15.3 Å². The van der Waals surface area contributed by atoms with Gasteiger partial charge in [-0.15, -0.1) is 0 Å². The monoisotopic (exact) mass is 270 g/mol. The van der Waals surface area contributed by atoms with Gasteiger partial charge in [-0.2, -0.15) is 0 Å². The standard InChI is InChI=1S/C13H22N2O4/c1-10(8-13(18)19)14-11(16)9-15-7-5-3-2-4-6-12(15)17/h10H,2-9H2,1H3,(H,14,16)(H,18,19). The van der Waals surface area contributed by atoms with Gasteiger partial charge in [0.15, 0.2) is 0 Å². The number of amides is 2. The molecule has 6 nitrogen and oxygen atoms in total. The second-order valence-electron chi connectivity index (χ2n) is 5.05. The van der Waals surface area contributed by atoms with E-state index < -0.39 is 12.0 Å². The third-order valence-corrected chi connectivity index (χ3v) is 3.14. The summed E-state index contributed by atoms with van der Waals surface area (Å²) in [4.78, 5) is 35.6. The molecule has 0 aromatic heterocycles. The molecule has 0 aromatic carbocycles. The van der Waals surface area contributed by atoms with Crippen LogP contribution in [0.5, 0.6) is 0 Å². The van der Waals surface area contributed by atoms with Crippen molar-refractivity contribution in [3.63, 3.8) is 0 Å². The smallest absolute Gasteiger partial charge is 0.305 e. The van der Waals surface area contributed by atoms with Crippen LogP contribution >= 0.6 is 0 Å². The van der Waals surface area contributed by atoms with Crippen molar-refractivity contribution in [3.05, 3.63) is 0 Å². The maximum absolute atomic E-state index is 11.8. The van der Waals surface area contributed by atoms with Gasteiger partial charge in [0.2, 0.25) is 11.8 Å². The number of rotatable bonds is 5. The number of aliphatic carboxylic acids is 1. The van der Waals surface area contributed by atoms with Gasteiger partial charge in [-0.25, -0.2) is 0 Å². The zero-order chi connectivity index (χ0) is 14.3. The number of carboxylic acid groups (broad SMARTS) is 1. The van der Waals surface area contributed by atoms with Crippen molar-refractivity contribution in [1.82, 2.24) is 10.2 Å². The first-order valence-corrected chi connectivity index (χ1v) is 6.78. The number of carboxylic acids is 1. The number of likely N-dealkylation sites (tertiary alicyclic amines) is 1. The van der Waals surface area contributed by atoms with E-state index in [0.717, 1.165) is 25.7 Å². The maximum atomic E-state index is 11.8. The van der Waals surface area contributed by atoms with Gasteiger partial charge >= 0.3 is 5.97 Å². The summed E-state index contributed by atoms with van der Waals surface area (Å²) in [7, 11) is 0. The summed E-state index contributed by atoms with van der Waals surface area (Å²) in [6.45, 7) is 2.28. The van der Waals surface area contributed by atoms with Crippen LogP contribution in [0.15, 0.2) is 0 Å². The van der Waals surface area contributed by atoms with Crippen LogP contribution in [0.4, 0.5) is 0 Å². The highest BCUT2D eigenvalue weighted by Crippen LogP contribution is 2.11. The molecule has 108 valence electrons. The van der Waals surface area contributed by atoms with E-state index in [2.05, 4.69) is 5.32 Å². The van der Waals surface area contributed by atoms with Gasteiger partial charge in [0.1, 0.15) is 0 Å². The normalized spacial score (nSPS) is 18.4. The van der Waals surface area contributed by atoms with Crippen molar-refractivity contribution in [2.75, 3.05) is 13.1 Å². The second kappa shape index (κ2) is 7.76. The van der Waals surface area contributed by atoms with Gasteiger partial charge in [-0.05, 0) is 19.8 Å². The summed E-state index contributed by atoms with van der Waals surface area (Å²) < 4.78 is 0. The van der Waals surface area contributed by atoms with E-state index in [0.29, 0.717) is 13.0 Å². The van der Waals surface area contributed by atoms with E-state index >= 15 is 0 Å². The fraction of sp³-hybridized carbons (Fsp3) is 0.769. The van der Waals surface area contributed by atoms with Crippen molar-refractivity contribution in [3.8, 4) is 0 Å². The Bertz CT molecular complexity index is 344. The fourth-order valence-corrected chi connectivity index (χ4v) is 2.19. The van der Waals surface area contributed by atoms with E-state index in [-0.39, 0.29) is 24.8 Å². The number of nitrogens with zero attached hydrogens (tertiary/aromatic N) is 1. The third kappa shape index (κ3) is 6.22. The number of hydrogen-bond acceptors (Lipinski definition) is 3. The van der Waals surface area contributed by atoms with Gasteiger partial charge in [-0.1, -0.05) is 12.8 Å². The van der Waals surface area contributed by atoms with Crippen molar-refractivity contribution < 1.29 is 19.5 Å². The van der Waals surface area contributed by atoms with Crippen LogP contribution in [0.3, 0.4) is 0 Å². The molecule has 2 N–H and O–H groups in total. The molecule has 1 atom stereocenters. The van der Waals surface area contributed by atoms with Crippen LogP contribution in [0.1, 0.15) is 45.4 Å². The number of nitrogens with one attached hydrogen (secondary N) is 1. The molecule has 0 aliphatic carbocycles. The lowest BCUT2D eigenvalue weighted by molar-refractivity contribution is -0.139. The predicted octanol–water partition coefficient (Wildman–Crippen LogP) is 0.758. The Balaban J connectivity index is 2.40. The maximum Gasteiger partial charge on any atom is 0.305 e. The molecule has 2 amide bonds. The molecule has 1 aliphatic heterocycles. The highest BCUT2D eigenvalue weighted by molar-refractivity contribution is 5.85. The Labute approximate surface area is 113 Å². The number of carbonyl (C=O) groups excluding carboxylic acids is 2. The minimum Gasteiger partial charge on any atom is -0.481 e. The van der Waals surface area contributed by atoms with Crippen molar-refractivity contribution in [1.29, 1.82) is 0 Å². The molecule has 1 rings (SSSR count). The first-order valence-electron chi connectivity index (χ1n) is 6.78. The van der Waals surface area contributed by atoms with E-state index in [4.69, 9.17) is 5.11 Å². The molecule has 6 heteroatoms. The molecule has 0 radical (unpaired) electrons. The topological polar surface area (TPSA) is 86.7 Å². The summed E-state index contributed by atoms with van der Waals surface area (Å²) in [6.07, 6.45) is 4.34. The average Bonchev–Trinajstić information content (AvgIpc) is 2.27. The SMILES string of the molecule is CC(CC(=O)O)NC(=O)CN1CCCCCCC1=O. The summed E-state index contributed by atoms with van der Waals surface area (Å²) >= 11 is 0. The quantitative estimate of drug-likeness (QED) is 0.772. The van der Waals surface area contributed by atoms with Gasteiger partial charge in [-0.3, -0.25) is 14.4 Å². The van der Waals surface area contributed by atoms with Gasteiger partial charge in [0, 0.05) is 19.0 Å². The summed E-state index contributed by atoms with van der Waals surface area (Å²) in [5.74, 6) is -1.22. The Kier molecular flexibility index (Phi) is 6.32. The molecule has 1 heterocycles. The second-order valence-corrected chi connectivity index (χ2v) is 5.05. The molecule has 0 aromatic rings. The van der Waals surface area contributed by atoms with E-state index in [1.807, 2.05) is 0 Å². The molecular formula is C13H22N2O4. The van der Waals surface area contributed by atoms with Crippen molar-refractivity contribution >= 4 is 17.8 Å². The first-order chi connectivity index (χ1) is 8.99. The van der Waals surface area contributed by atoms with E-state index in [1.54, 1.807) is 11.8 Å². The molecule has 0 bridgehead atoms. The Morgan fingerprint density at radius 1 is 1.32 bits per heavy atom. The lowest BCUT2D eigenvalue weighted by Gasteiger charge is -2.25. The van der Waals surface area contributed by atoms with Crippen LogP contribution in [-0.2, 0) is 14.4 Å². The molecule has 1 saturated heterocycles. The Hall–Kier alpha value is -1.59. The summed E-state index contributed by atoms with van der Waals surface area (Å²) in [5, 5.41) is 11.2. The van der Waals surface area contributed by atoms with E-state index in [1.165, 1.54) is 0 Å². The summed E-state index contributed by atoms with van der Waals surface area (Å²) in [5.41, 5.74) is 0. The predicted molar refractivity (Wildman–Crippen MR) is 69.5 cm³/mol. The molecule has 0 spiro atoms. The first kappa shape index (κ1) is 15.5. The summed E-state index contributed by atoms with van der Waals surface area (Å²) in [6, 6.07) is -0.421. The molecule has 1 unspecified atom stereocenters. The van der Waals surface area contributed by atoms with E-state index in [9.17, 15) is 14.4 Å². The van der Waals surface area contributed by atoms with Crippen LogP contribution < -0.4 is 5.32 Å². The minimum atomic E-state index is -0.949.